The molecular weight excluding hydrogens is 436 g/mol. The van der Waals surface area contributed by atoms with E-state index >= 15 is 0 Å². The van der Waals surface area contributed by atoms with E-state index in [-0.39, 0.29) is 6.04 Å². The van der Waals surface area contributed by atoms with Gasteiger partial charge in [-0.3, -0.25) is 4.90 Å². The molecule has 35 heavy (non-hydrogen) atoms. The number of aryl methyl sites for hydroxylation is 1. The van der Waals surface area contributed by atoms with Gasteiger partial charge in [0.1, 0.15) is 23.9 Å². The van der Waals surface area contributed by atoms with Gasteiger partial charge in [-0.25, -0.2) is 0 Å². The Bertz CT molecular complexity index is 1110. The van der Waals surface area contributed by atoms with E-state index in [4.69, 9.17) is 14.2 Å². The van der Waals surface area contributed by atoms with E-state index in [9.17, 15) is 0 Å². The molecule has 5 heteroatoms. The zero-order chi connectivity index (χ0) is 24.2. The van der Waals surface area contributed by atoms with Gasteiger partial charge in [0.25, 0.3) is 0 Å². The summed E-state index contributed by atoms with van der Waals surface area (Å²) < 4.78 is 17.1. The largest absolute Gasteiger partial charge is 0.497 e. The van der Waals surface area contributed by atoms with E-state index < -0.39 is 0 Å². The van der Waals surface area contributed by atoms with E-state index in [1.54, 1.807) is 14.2 Å². The number of benzene rings is 3. The molecule has 0 aliphatic carbocycles. The van der Waals surface area contributed by atoms with Crippen LogP contribution in [0.4, 0.5) is 11.4 Å². The van der Waals surface area contributed by atoms with E-state index in [1.807, 2.05) is 0 Å². The molecule has 1 saturated heterocycles. The predicted octanol–water partition coefficient (Wildman–Crippen LogP) is 6.39. The Morgan fingerprint density at radius 1 is 0.829 bits per heavy atom. The molecule has 0 saturated carbocycles. The van der Waals surface area contributed by atoms with Crippen molar-refractivity contribution in [2.75, 3.05) is 38.8 Å². The van der Waals surface area contributed by atoms with Crippen molar-refractivity contribution < 1.29 is 14.2 Å². The Balaban J connectivity index is 1.40. The van der Waals surface area contributed by atoms with E-state index in [1.165, 1.54) is 42.7 Å². The molecule has 3 aromatic carbocycles. The van der Waals surface area contributed by atoms with Gasteiger partial charge in [0, 0.05) is 17.4 Å². The fourth-order valence-corrected chi connectivity index (χ4v) is 5.38. The first-order valence-electron chi connectivity index (χ1n) is 12.7. The molecule has 2 atom stereocenters. The zero-order valence-electron chi connectivity index (χ0n) is 21.1. The summed E-state index contributed by atoms with van der Waals surface area (Å²) in [7, 11) is 3.44. The molecule has 0 spiro atoms. The summed E-state index contributed by atoms with van der Waals surface area (Å²) in [5, 5.41) is 0. The highest BCUT2D eigenvalue weighted by atomic mass is 16.5. The van der Waals surface area contributed by atoms with Gasteiger partial charge in [-0.05, 0) is 111 Å². The van der Waals surface area contributed by atoms with Crippen molar-refractivity contribution in [1.29, 1.82) is 0 Å². The number of methoxy groups -OCH3 is 2. The first kappa shape index (κ1) is 23.6. The fourth-order valence-electron chi connectivity index (χ4n) is 5.38. The van der Waals surface area contributed by atoms with Crippen molar-refractivity contribution in [3.05, 3.63) is 77.9 Å². The molecule has 1 fully saturated rings. The number of ether oxygens (including phenoxy) is 3. The van der Waals surface area contributed by atoms with E-state index in [2.05, 4.69) is 83.5 Å². The highest BCUT2D eigenvalue weighted by Gasteiger charge is 2.29. The minimum absolute atomic E-state index is 0.240. The van der Waals surface area contributed by atoms with Crippen LogP contribution in [0.2, 0.25) is 0 Å². The smallest absolute Gasteiger partial charge is 0.119 e. The Hall–Kier alpha value is -3.18. The van der Waals surface area contributed by atoms with Gasteiger partial charge >= 0.3 is 0 Å². The summed E-state index contributed by atoms with van der Waals surface area (Å²) >= 11 is 0. The monoisotopic (exact) mass is 472 g/mol. The van der Waals surface area contributed by atoms with Gasteiger partial charge in [-0.2, -0.15) is 0 Å². The molecule has 0 amide bonds. The van der Waals surface area contributed by atoms with Crippen molar-refractivity contribution >= 4 is 11.4 Å². The van der Waals surface area contributed by atoms with Crippen molar-refractivity contribution in [2.45, 2.75) is 44.7 Å². The molecule has 2 unspecified atom stereocenters. The number of rotatable bonds is 8. The van der Waals surface area contributed by atoms with Gasteiger partial charge in [0.15, 0.2) is 0 Å². The molecule has 3 aromatic rings. The van der Waals surface area contributed by atoms with Gasteiger partial charge in [0.05, 0.1) is 20.3 Å². The second-order valence-corrected chi connectivity index (χ2v) is 9.59. The quantitative estimate of drug-likeness (QED) is 0.379. The summed E-state index contributed by atoms with van der Waals surface area (Å²) in [5.74, 6) is 2.71. The molecule has 184 valence electrons. The van der Waals surface area contributed by atoms with Crippen LogP contribution in [0.25, 0.3) is 0 Å². The second-order valence-electron chi connectivity index (χ2n) is 9.59. The average Bonchev–Trinajstić information content (AvgIpc) is 3.46. The number of hydrogen-bond acceptors (Lipinski definition) is 5. The lowest BCUT2D eigenvalue weighted by Crippen LogP contribution is -2.34. The van der Waals surface area contributed by atoms with E-state index in [0.29, 0.717) is 6.04 Å². The van der Waals surface area contributed by atoms with Gasteiger partial charge in [-0.15, -0.1) is 0 Å². The molecule has 5 nitrogen and oxygen atoms in total. The SMILES string of the molecule is COc1ccc(C2CCc3cc(OC)ccc3N2c2ccc(OCC(C)N3CCCC3)cc2)cc1. The summed E-state index contributed by atoms with van der Waals surface area (Å²) in [6, 6.07) is 24.1. The molecule has 2 heterocycles. The third-order valence-corrected chi connectivity index (χ3v) is 7.42. The standard InChI is InChI=1S/C30H36N2O3/c1-22(31-18-4-5-19-31)21-35-27-13-9-25(10-14-27)32-29(23-6-11-26(33-2)12-7-23)16-8-24-20-28(34-3)15-17-30(24)32/h6-7,9-15,17,20,22,29H,4-5,8,16,18-19,21H2,1-3H3. The number of anilines is 2. The number of nitrogens with zero attached hydrogens (tertiary/aromatic N) is 2. The lowest BCUT2D eigenvalue weighted by atomic mass is 9.90. The molecule has 2 aliphatic rings. The van der Waals surface area contributed by atoms with Crippen LogP contribution in [0.1, 0.15) is 43.4 Å². The second kappa shape index (κ2) is 10.6. The first-order chi connectivity index (χ1) is 17.2. The van der Waals surface area contributed by atoms with Gasteiger partial charge in [0.2, 0.25) is 0 Å². The van der Waals surface area contributed by atoms with Crippen LogP contribution < -0.4 is 19.1 Å². The van der Waals surface area contributed by atoms with E-state index in [0.717, 1.165) is 42.4 Å². The minimum Gasteiger partial charge on any atom is -0.497 e. The van der Waals surface area contributed by atoms with Gasteiger partial charge in [-0.1, -0.05) is 12.1 Å². The lowest BCUT2D eigenvalue weighted by Gasteiger charge is -2.39. The molecule has 0 aromatic heterocycles. The third kappa shape index (κ3) is 5.10. The Labute approximate surface area is 209 Å². The zero-order valence-corrected chi connectivity index (χ0v) is 21.1. The maximum Gasteiger partial charge on any atom is 0.119 e. The molecular formula is C30H36N2O3. The van der Waals surface area contributed by atoms with Crippen LogP contribution in [0.15, 0.2) is 66.7 Å². The lowest BCUT2D eigenvalue weighted by molar-refractivity contribution is 0.172. The fraction of sp³-hybridized carbons (Fsp3) is 0.400. The highest BCUT2D eigenvalue weighted by molar-refractivity contribution is 5.71. The van der Waals surface area contributed by atoms with Gasteiger partial charge < -0.3 is 19.1 Å². The maximum atomic E-state index is 6.17. The molecule has 2 aliphatic heterocycles. The predicted molar refractivity (Wildman–Crippen MR) is 141 cm³/mol. The number of likely N-dealkylation sites (tertiary alicyclic amines) is 1. The number of fused-ring (bicyclic) bond motifs is 1. The Kier molecular flexibility index (Phi) is 7.14. The first-order valence-corrected chi connectivity index (χ1v) is 12.7. The molecule has 0 radical (unpaired) electrons. The summed E-state index contributed by atoms with van der Waals surface area (Å²) in [5.41, 5.74) is 4.99. The average molecular weight is 473 g/mol. The van der Waals surface area contributed by atoms with Crippen molar-refractivity contribution in [2.24, 2.45) is 0 Å². The maximum absolute atomic E-state index is 6.17. The third-order valence-electron chi connectivity index (χ3n) is 7.42. The van der Waals surface area contributed by atoms with Crippen LogP contribution in [0, 0.1) is 0 Å². The van der Waals surface area contributed by atoms with Crippen LogP contribution in [0.5, 0.6) is 17.2 Å². The summed E-state index contributed by atoms with van der Waals surface area (Å²) in [4.78, 5) is 4.98. The highest BCUT2D eigenvalue weighted by Crippen LogP contribution is 2.45. The topological polar surface area (TPSA) is 34.2 Å². The molecule has 0 bridgehead atoms. The van der Waals surface area contributed by atoms with Crippen LogP contribution in [-0.4, -0.2) is 44.9 Å². The normalized spacial score (nSPS) is 18.7. The van der Waals surface area contributed by atoms with Crippen LogP contribution in [-0.2, 0) is 6.42 Å². The van der Waals surface area contributed by atoms with Crippen LogP contribution >= 0.6 is 0 Å². The van der Waals surface area contributed by atoms with Crippen molar-refractivity contribution in [3.63, 3.8) is 0 Å². The molecule has 5 rings (SSSR count). The van der Waals surface area contributed by atoms with Crippen molar-refractivity contribution in [3.8, 4) is 17.2 Å². The summed E-state index contributed by atoms with van der Waals surface area (Å²) in [6.45, 7) is 5.36. The van der Waals surface area contributed by atoms with Crippen LogP contribution in [0.3, 0.4) is 0 Å². The molecule has 0 N–H and O–H groups in total. The number of hydrogen-bond donors (Lipinski definition) is 0. The Morgan fingerprint density at radius 3 is 2.17 bits per heavy atom. The Morgan fingerprint density at radius 2 is 1.49 bits per heavy atom. The summed E-state index contributed by atoms with van der Waals surface area (Å²) in [6.07, 6.45) is 4.64. The minimum atomic E-state index is 0.240. The van der Waals surface area contributed by atoms with Crippen molar-refractivity contribution in [1.82, 2.24) is 4.90 Å².